The van der Waals surface area contributed by atoms with Crippen LogP contribution in [0.3, 0.4) is 0 Å². The molecule has 0 saturated carbocycles. The van der Waals surface area contributed by atoms with Crippen molar-refractivity contribution in [2.45, 2.75) is 44.9 Å². The number of amides is 1. The van der Waals surface area contributed by atoms with Gasteiger partial charge in [-0.2, -0.15) is 0 Å². The van der Waals surface area contributed by atoms with Crippen molar-refractivity contribution in [3.63, 3.8) is 0 Å². The van der Waals surface area contributed by atoms with E-state index in [-0.39, 0.29) is 19.1 Å². The molecule has 2 unspecified atom stereocenters. The van der Waals surface area contributed by atoms with Crippen molar-refractivity contribution in [2.24, 2.45) is 0 Å². The topological polar surface area (TPSA) is 91.3 Å². The van der Waals surface area contributed by atoms with Gasteiger partial charge in [-0.15, -0.1) is 11.3 Å². The Balaban J connectivity index is 1.74. The number of carbonyl (C=O) groups is 2. The van der Waals surface area contributed by atoms with Crippen LogP contribution in [-0.2, 0) is 22.6 Å². The Bertz CT molecular complexity index is 883. The van der Waals surface area contributed by atoms with Crippen molar-refractivity contribution >= 4 is 39.0 Å². The second kappa shape index (κ2) is 9.21. The first-order chi connectivity index (χ1) is 13.4. The first-order valence-corrected chi connectivity index (χ1v) is 10.6. The molecule has 1 aliphatic heterocycles. The first-order valence-electron chi connectivity index (χ1n) is 8.97. The van der Waals surface area contributed by atoms with Gasteiger partial charge in [-0.05, 0) is 59.9 Å². The van der Waals surface area contributed by atoms with Gasteiger partial charge in [0.2, 0.25) is 5.78 Å². The largest absolute Gasteiger partial charge is 0.391 e. The standard InChI is InChI=1S/C19H21BrFN3O3S/c1-10-16(9-25)28-19(23-10)17(14-3-2-6-22-14)24-18(27)15(26)8-11-4-5-12(20)13(21)7-11/h4-5,7,14,17,22,25H,2-3,6,8-9H2,1H3,(H,24,27). The Hall–Kier alpha value is -1.68. The smallest absolute Gasteiger partial charge is 0.288 e. The molecule has 28 heavy (non-hydrogen) atoms. The van der Waals surface area contributed by atoms with Crippen molar-refractivity contribution in [3.8, 4) is 0 Å². The summed E-state index contributed by atoms with van der Waals surface area (Å²) >= 11 is 4.40. The molecule has 0 bridgehead atoms. The second-order valence-electron chi connectivity index (χ2n) is 6.72. The predicted molar refractivity (Wildman–Crippen MR) is 107 cm³/mol. The van der Waals surface area contributed by atoms with Gasteiger partial charge in [-0.1, -0.05) is 6.07 Å². The minimum atomic E-state index is -0.722. The van der Waals surface area contributed by atoms with Crippen LogP contribution >= 0.6 is 27.3 Å². The number of halogens is 2. The zero-order chi connectivity index (χ0) is 20.3. The van der Waals surface area contributed by atoms with E-state index in [2.05, 4.69) is 31.5 Å². The summed E-state index contributed by atoms with van der Waals surface area (Å²) in [6.07, 6.45) is 1.64. The molecule has 1 aromatic carbocycles. The highest BCUT2D eigenvalue weighted by molar-refractivity contribution is 9.10. The van der Waals surface area contributed by atoms with Gasteiger partial charge in [0.25, 0.3) is 5.91 Å². The van der Waals surface area contributed by atoms with E-state index in [4.69, 9.17) is 0 Å². The highest BCUT2D eigenvalue weighted by Gasteiger charge is 2.31. The zero-order valence-electron chi connectivity index (χ0n) is 15.3. The van der Waals surface area contributed by atoms with Crippen LogP contribution < -0.4 is 10.6 Å². The quantitative estimate of drug-likeness (QED) is 0.542. The van der Waals surface area contributed by atoms with Crippen LogP contribution in [0.15, 0.2) is 22.7 Å². The second-order valence-corrected chi connectivity index (χ2v) is 8.69. The Labute approximate surface area is 174 Å². The van der Waals surface area contributed by atoms with Gasteiger partial charge < -0.3 is 15.7 Å². The summed E-state index contributed by atoms with van der Waals surface area (Å²) < 4.78 is 14.0. The number of nitrogens with zero attached hydrogens (tertiary/aromatic N) is 1. The van der Waals surface area contributed by atoms with Gasteiger partial charge in [0.15, 0.2) is 0 Å². The van der Waals surface area contributed by atoms with Crippen molar-refractivity contribution in [2.75, 3.05) is 6.54 Å². The maximum atomic E-state index is 13.6. The van der Waals surface area contributed by atoms with E-state index in [1.807, 2.05) is 0 Å². The van der Waals surface area contributed by atoms with E-state index >= 15 is 0 Å². The Morgan fingerprint density at radius 2 is 2.29 bits per heavy atom. The molecular formula is C19H21BrFN3O3S. The lowest BCUT2D eigenvalue weighted by atomic mass is 10.1. The molecule has 3 rings (SSSR count). The van der Waals surface area contributed by atoms with Crippen molar-refractivity contribution in [1.29, 1.82) is 0 Å². The molecule has 2 atom stereocenters. The van der Waals surface area contributed by atoms with Gasteiger partial charge >= 0.3 is 0 Å². The average Bonchev–Trinajstić information content (AvgIpc) is 3.32. The van der Waals surface area contributed by atoms with Crippen LogP contribution in [0.2, 0.25) is 0 Å². The summed E-state index contributed by atoms with van der Waals surface area (Å²) in [6.45, 7) is 2.52. The van der Waals surface area contributed by atoms with E-state index in [0.717, 1.165) is 30.0 Å². The van der Waals surface area contributed by atoms with E-state index < -0.39 is 23.5 Å². The highest BCUT2D eigenvalue weighted by atomic mass is 79.9. The summed E-state index contributed by atoms with van der Waals surface area (Å²) in [4.78, 5) is 30.2. The lowest BCUT2D eigenvalue weighted by Gasteiger charge is -2.23. The summed E-state index contributed by atoms with van der Waals surface area (Å²) in [7, 11) is 0. The third-order valence-corrected chi connectivity index (χ3v) is 6.58. The summed E-state index contributed by atoms with van der Waals surface area (Å²) in [5.41, 5.74) is 1.15. The normalized spacial score (nSPS) is 17.5. The third kappa shape index (κ3) is 4.83. The Kier molecular flexibility index (Phi) is 6.92. The molecule has 1 amide bonds. The van der Waals surface area contributed by atoms with Gasteiger partial charge in [0.05, 0.1) is 27.7 Å². The maximum Gasteiger partial charge on any atom is 0.288 e. The molecule has 1 fully saturated rings. The number of aliphatic hydroxyl groups excluding tert-OH is 1. The van der Waals surface area contributed by atoms with E-state index in [1.54, 1.807) is 13.0 Å². The lowest BCUT2D eigenvalue weighted by Crippen LogP contribution is -2.43. The fourth-order valence-corrected chi connectivity index (χ4v) is 4.49. The maximum absolute atomic E-state index is 13.6. The minimum Gasteiger partial charge on any atom is -0.391 e. The van der Waals surface area contributed by atoms with Gasteiger partial charge in [0, 0.05) is 12.5 Å². The van der Waals surface area contributed by atoms with Crippen molar-refractivity contribution < 1.29 is 19.1 Å². The first kappa shape index (κ1) is 21.0. The molecule has 2 heterocycles. The van der Waals surface area contributed by atoms with E-state index in [9.17, 15) is 19.1 Å². The fraction of sp³-hybridized carbons (Fsp3) is 0.421. The number of thiazole rings is 1. The molecule has 9 heteroatoms. The van der Waals surface area contributed by atoms with Gasteiger partial charge in [0.1, 0.15) is 10.8 Å². The number of nitrogens with one attached hydrogen (secondary N) is 2. The van der Waals surface area contributed by atoms with Crippen LogP contribution in [0.4, 0.5) is 4.39 Å². The number of benzene rings is 1. The molecule has 0 spiro atoms. The molecule has 0 aliphatic carbocycles. The van der Waals surface area contributed by atoms with Gasteiger partial charge in [-0.3, -0.25) is 9.59 Å². The molecule has 1 aliphatic rings. The zero-order valence-corrected chi connectivity index (χ0v) is 17.7. The molecule has 0 radical (unpaired) electrons. The van der Waals surface area contributed by atoms with Crippen LogP contribution in [0.25, 0.3) is 0 Å². The average molecular weight is 470 g/mol. The van der Waals surface area contributed by atoms with Gasteiger partial charge in [-0.25, -0.2) is 9.37 Å². The van der Waals surface area contributed by atoms with Crippen LogP contribution in [0.5, 0.6) is 0 Å². The number of aromatic nitrogens is 1. The number of hydrogen-bond acceptors (Lipinski definition) is 6. The predicted octanol–water partition coefficient (Wildman–Crippen LogP) is 2.57. The number of aryl methyl sites for hydroxylation is 1. The lowest BCUT2D eigenvalue weighted by molar-refractivity contribution is -0.138. The number of ketones is 1. The van der Waals surface area contributed by atoms with Crippen molar-refractivity contribution in [3.05, 3.63) is 49.6 Å². The number of carbonyl (C=O) groups excluding carboxylic acids is 2. The molecule has 150 valence electrons. The molecule has 1 aromatic heterocycles. The SMILES string of the molecule is Cc1nc(C(NC(=O)C(=O)Cc2ccc(Br)c(F)c2)C2CCCN2)sc1CO. The number of rotatable bonds is 7. The summed E-state index contributed by atoms with van der Waals surface area (Å²) in [5, 5.41) is 16.2. The summed E-state index contributed by atoms with van der Waals surface area (Å²) in [6, 6.07) is 3.87. The van der Waals surface area contributed by atoms with Crippen molar-refractivity contribution in [1.82, 2.24) is 15.6 Å². The molecular weight excluding hydrogens is 449 g/mol. The number of Topliss-reactive ketones (excluding diaryl/α,β-unsaturated/α-hetero) is 1. The monoisotopic (exact) mass is 469 g/mol. The fourth-order valence-electron chi connectivity index (χ4n) is 3.20. The summed E-state index contributed by atoms with van der Waals surface area (Å²) in [5.74, 6) is -1.84. The highest BCUT2D eigenvalue weighted by Crippen LogP contribution is 2.29. The van der Waals surface area contributed by atoms with Crippen LogP contribution in [0, 0.1) is 12.7 Å². The molecule has 2 aromatic rings. The Morgan fingerprint density at radius 1 is 1.50 bits per heavy atom. The molecule has 1 saturated heterocycles. The van der Waals surface area contributed by atoms with Crippen LogP contribution in [-0.4, -0.2) is 34.4 Å². The molecule has 3 N–H and O–H groups in total. The minimum absolute atomic E-state index is 0.0287. The van der Waals surface area contributed by atoms with E-state index in [1.165, 1.54) is 23.5 Å². The van der Waals surface area contributed by atoms with E-state index in [0.29, 0.717) is 15.0 Å². The number of hydrogen-bond donors (Lipinski definition) is 3. The number of aliphatic hydroxyl groups is 1. The Morgan fingerprint density at radius 3 is 2.89 bits per heavy atom. The third-order valence-electron chi connectivity index (χ3n) is 4.71. The molecule has 6 nitrogen and oxygen atoms in total. The van der Waals surface area contributed by atoms with Crippen LogP contribution in [0.1, 0.15) is 40.0 Å².